The third-order valence-corrected chi connectivity index (χ3v) is 1.93. The van der Waals surface area contributed by atoms with E-state index in [0.29, 0.717) is 5.69 Å². The van der Waals surface area contributed by atoms with Crippen LogP contribution >= 0.6 is 8.03 Å². The molecular weight excluding hydrogens is 161 g/mol. The molecule has 1 aromatic carbocycles. The molecule has 0 amide bonds. The lowest BCUT2D eigenvalue weighted by molar-refractivity contribution is 0.502. The maximum atomic E-state index is 10.4. The Morgan fingerprint density at radius 2 is 1.91 bits per heavy atom. The highest BCUT2D eigenvalue weighted by molar-refractivity contribution is 7.37. The standard InChI is InChI=1S/C7H8NO2P/c8-7-3-1-6(2-4-7)5-11(9)10/h1-4H,5,8H2/p+1. The fourth-order valence-corrected chi connectivity index (χ4v) is 1.30. The molecule has 0 aliphatic heterocycles. The summed E-state index contributed by atoms with van der Waals surface area (Å²) < 4.78 is 10.4. The minimum absolute atomic E-state index is 0.204. The van der Waals surface area contributed by atoms with E-state index in [2.05, 4.69) is 0 Å². The van der Waals surface area contributed by atoms with Crippen molar-refractivity contribution in [3.8, 4) is 0 Å². The highest BCUT2D eigenvalue weighted by Gasteiger charge is 2.10. The Labute approximate surface area is 65.7 Å². The molecule has 0 saturated carbocycles. The molecule has 0 aliphatic carbocycles. The Balaban J connectivity index is 2.74. The van der Waals surface area contributed by atoms with E-state index >= 15 is 0 Å². The number of hydrogen-bond acceptors (Lipinski definition) is 2. The van der Waals surface area contributed by atoms with Crippen molar-refractivity contribution in [3.63, 3.8) is 0 Å². The van der Waals surface area contributed by atoms with E-state index in [1.54, 1.807) is 24.3 Å². The summed E-state index contributed by atoms with van der Waals surface area (Å²) in [6.07, 6.45) is 0.204. The van der Waals surface area contributed by atoms with E-state index in [-0.39, 0.29) is 6.16 Å². The smallest absolute Gasteiger partial charge is 0.399 e. The monoisotopic (exact) mass is 170 g/mol. The van der Waals surface area contributed by atoms with Crippen LogP contribution in [-0.4, -0.2) is 4.89 Å². The number of nitrogens with two attached hydrogens (primary N) is 1. The Morgan fingerprint density at radius 3 is 2.36 bits per heavy atom. The van der Waals surface area contributed by atoms with E-state index in [1.165, 1.54) is 0 Å². The molecule has 58 valence electrons. The molecule has 3 N–H and O–H groups in total. The number of hydrogen-bond donors (Lipinski definition) is 2. The molecule has 1 aromatic rings. The third kappa shape index (κ3) is 2.66. The third-order valence-electron chi connectivity index (χ3n) is 1.30. The average molecular weight is 170 g/mol. The van der Waals surface area contributed by atoms with Crippen LogP contribution in [0.4, 0.5) is 5.69 Å². The Bertz CT molecular complexity index is 258. The van der Waals surface area contributed by atoms with Crippen LogP contribution in [0.15, 0.2) is 24.3 Å². The highest BCUT2D eigenvalue weighted by atomic mass is 31.1. The molecule has 1 rings (SSSR count). The predicted octanol–water partition coefficient (Wildman–Crippen LogP) is 1.50. The lowest BCUT2D eigenvalue weighted by Gasteiger charge is -1.91. The predicted molar refractivity (Wildman–Crippen MR) is 44.4 cm³/mol. The van der Waals surface area contributed by atoms with Gasteiger partial charge in [-0.05, 0) is 16.7 Å². The van der Waals surface area contributed by atoms with Crippen LogP contribution in [0.5, 0.6) is 0 Å². The quantitative estimate of drug-likeness (QED) is 0.522. The van der Waals surface area contributed by atoms with Gasteiger partial charge in [-0.1, -0.05) is 12.1 Å². The van der Waals surface area contributed by atoms with E-state index in [9.17, 15) is 4.57 Å². The molecule has 0 radical (unpaired) electrons. The van der Waals surface area contributed by atoms with Crippen LogP contribution in [0.25, 0.3) is 0 Å². The Morgan fingerprint density at radius 1 is 1.36 bits per heavy atom. The maximum absolute atomic E-state index is 10.4. The fraction of sp³-hybridized carbons (Fsp3) is 0.143. The first-order valence-electron chi connectivity index (χ1n) is 3.16. The molecule has 0 aliphatic rings. The van der Waals surface area contributed by atoms with Gasteiger partial charge in [-0.2, -0.15) is 4.89 Å². The van der Waals surface area contributed by atoms with Gasteiger partial charge in [0.05, 0.1) is 0 Å². The van der Waals surface area contributed by atoms with Crippen LogP contribution in [0, 0.1) is 0 Å². The average Bonchev–Trinajstić information content (AvgIpc) is 1.93. The molecule has 1 unspecified atom stereocenters. The van der Waals surface area contributed by atoms with E-state index in [1.807, 2.05) is 0 Å². The van der Waals surface area contributed by atoms with Crippen LogP contribution in [0.3, 0.4) is 0 Å². The molecule has 0 aromatic heterocycles. The summed E-state index contributed by atoms with van der Waals surface area (Å²) in [4.78, 5) is 8.55. The van der Waals surface area contributed by atoms with Gasteiger partial charge >= 0.3 is 8.03 Å². The number of nitrogen functional groups attached to an aromatic ring is 1. The molecule has 0 heterocycles. The second kappa shape index (κ2) is 3.46. The Kier molecular flexibility index (Phi) is 2.58. The largest absolute Gasteiger partial charge is 0.510 e. The van der Waals surface area contributed by atoms with Crippen LogP contribution in [0.1, 0.15) is 5.56 Å². The molecule has 0 saturated heterocycles. The second-order valence-corrected chi connectivity index (χ2v) is 3.27. The molecule has 0 fully saturated rings. The van der Waals surface area contributed by atoms with Crippen molar-refractivity contribution in [1.82, 2.24) is 0 Å². The van der Waals surface area contributed by atoms with E-state index in [0.717, 1.165) is 5.56 Å². The molecule has 0 bridgehead atoms. The number of anilines is 1. The van der Waals surface area contributed by atoms with Crippen molar-refractivity contribution in [2.24, 2.45) is 0 Å². The SMILES string of the molecule is Nc1ccc(C[P+](=O)O)cc1. The summed E-state index contributed by atoms with van der Waals surface area (Å²) >= 11 is 0. The molecule has 11 heavy (non-hydrogen) atoms. The summed E-state index contributed by atoms with van der Waals surface area (Å²) in [6.45, 7) is 0. The summed E-state index contributed by atoms with van der Waals surface area (Å²) in [5, 5.41) is 0. The van der Waals surface area contributed by atoms with Gasteiger partial charge in [0.1, 0.15) is 0 Å². The molecule has 0 spiro atoms. The van der Waals surface area contributed by atoms with Gasteiger partial charge in [-0.15, -0.1) is 0 Å². The zero-order valence-electron chi connectivity index (χ0n) is 5.90. The van der Waals surface area contributed by atoms with Gasteiger partial charge in [0, 0.05) is 11.3 Å². The maximum Gasteiger partial charge on any atom is 0.510 e. The molecule has 3 nitrogen and oxygen atoms in total. The topological polar surface area (TPSA) is 63.3 Å². The zero-order valence-corrected chi connectivity index (χ0v) is 6.79. The first-order valence-corrected chi connectivity index (χ1v) is 4.56. The minimum Gasteiger partial charge on any atom is -0.399 e. The summed E-state index contributed by atoms with van der Waals surface area (Å²) in [6, 6.07) is 6.93. The number of benzene rings is 1. The summed E-state index contributed by atoms with van der Waals surface area (Å²) in [7, 11) is -2.08. The van der Waals surface area contributed by atoms with Gasteiger partial charge in [0.15, 0.2) is 0 Å². The molecular formula is C7H9NO2P+. The first-order chi connectivity index (χ1) is 5.18. The van der Waals surface area contributed by atoms with Crippen LogP contribution in [0.2, 0.25) is 0 Å². The van der Waals surface area contributed by atoms with Gasteiger partial charge in [-0.3, -0.25) is 0 Å². The van der Waals surface area contributed by atoms with Gasteiger partial charge in [0.25, 0.3) is 0 Å². The van der Waals surface area contributed by atoms with Crippen LogP contribution < -0.4 is 5.73 Å². The van der Waals surface area contributed by atoms with Crippen molar-refractivity contribution in [2.75, 3.05) is 5.73 Å². The zero-order chi connectivity index (χ0) is 8.27. The summed E-state index contributed by atoms with van der Waals surface area (Å²) in [5.41, 5.74) is 6.93. The van der Waals surface area contributed by atoms with Crippen molar-refractivity contribution >= 4 is 13.7 Å². The van der Waals surface area contributed by atoms with E-state index < -0.39 is 8.03 Å². The summed E-state index contributed by atoms with van der Waals surface area (Å²) in [5.74, 6) is 0. The first kappa shape index (κ1) is 8.18. The minimum atomic E-state index is -2.08. The van der Waals surface area contributed by atoms with Crippen molar-refractivity contribution in [1.29, 1.82) is 0 Å². The lowest BCUT2D eigenvalue weighted by atomic mass is 10.2. The molecule has 4 heteroatoms. The highest BCUT2D eigenvalue weighted by Crippen LogP contribution is 2.21. The fourth-order valence-electron chi connectivity index (χ4n) is 0.779. The Hall–Kier alpha value is -0.920. The molecule has 1 atom stereocenters. The van der Waals surface area contributed by atoms with Crippen LogP contribution in [-0.2, 0) is 10.7 Å². The van der Waals surface area contributed by atoms with Gasteiger partial charge in [0.2, 0.25) is 6.16 Å². The second-order valence-electron chi connectivity index (χ2n) is 2.25. The van der Waals surface area contributed by atoms with Crippen molar-refractivity contribution < 1.29 is 9.46 Å². The van der Waals surface area contributed by atoms with Gasteiger partial charge < -0.3 is 5.73 Å². The normalized spacial score (nSPS) is 11.2. The van der Waals surface area contributed by atoms with Crippen molar-refractivity contribution in [2.45, 2.75) is 6.16 Å². The van der Waals surface area contributed by atoms with Crippen molar-refractivity contribution in [3.05, 3.63) is 29.8 Å². The number of rotatable bonds is 2. The van der Waals surface area contributed by atoms with Gasteiger partial charge in [-0.25, -0.2) is 0 Å². The van der Waals surface area contributed by atoms with E-state index in [4.69, 9.17) is 10.6 Å². The lowest BCUT2D eigenvalue weighted by Crippen LogP contribution is -1.84.